The number of amides is 1. The van der Waals surface area contributed by atoms with Gasteiger partial charge in [-0.15, -0.1) is 0 Å². The number of sulfonamides is 1. The van der Waals surface area contributed by atoms with Crippen LogP contribution in [0.3, 0.4) is 0 Å². The van der Waals surface area contributed by atoms with Gasteiger partial charge in [0.25, 0.3) is 0 Å². The van der Waals surface area contributed by atoms with E-state index in [1.165, 1.54) is 39.2 Å². The highest BCUT2D eigenvalue weighted by Crippen LogP contribution is 2.21. The maximum atomic E-state index is 12.9. The number of aryl methyl sites for hydroxylation is 1. The molecule has 0 aromatic heterocycles. The van der Waals surface area contributed by atoms with Crippen molar-refractivity contribution in [2.75, 3.05) is 20.2 Å². The van der Waals surface area contributed by atoms with Crippen LogP contribution in [0.25, 0.3) is 0 Å². The fraction of sp³-hybridized carbons (Fsp3) is 0.438. The topological polar surface area (TPSA) is 130 Å². The average molecular weight is 386 g/mol. The van der Waals surface area contributed by atoms with Gasteiger partial charge in [0.2, 0.25) is 15.9 Å². The van der Waals surface area contributed by atoms with Gasteiger partial charge in [0, 0.05) is 20.0 Å². The normalized spacial score (nSPS) is 12.5. The van der Waals surface area contributed by atoms with Crippen molar-refractivity contribution in [2.45, 2.75) is 31.7 Å². The summed E-state index contributed by atoms with van der Waals surface area (Å²) in [5.74, 6) is -2.28. The molecule has 0 aliphatic rings. The summed E-state index contributed by atoms with van der Waals surface area (Å²) >= 11 is 0. The first-order valence-corrected chi connectivity index (χ1v) is 9.14. The number of hydrogen-bond acceptors (Lipinski definition) is 6. The van der Waals surface area contributed by atoms with Crippen molar-refractivity contribution in [3.8, 4) is 0 Å². The lowest BCUT2D eigenvalue weighted by molar-refractivity contribution is -0.140. The number of nitrogens with one attached hydrogen (secondary N) is 1. The number of esters is 1. The molecule has 0 bridgehead atoms. The van der Waals surface area contributed by atoms with Gasteiger partial charge in [-0.1, -0.05) is 0 Å². The molecule has 0 saturated heterocycles. The molecule has 0 radical (unpaired) electrons. The maximum Gasteiger partial charge on any atom is 0.338 e. The van der Waals surface area contributed by atoms with Crippen LogP contribution in [0, 0.1) is 6.92 Å². The van der Waals surface area contributed by atoms with Gasteiger partial charge in [-0.05, 0) is 37.6 Å². The fourth-order valence-corrected chi connectivity index (χ4v) is 3.93. The molecule has 2 N–H and O–H groups in total. The van der Waals surface area contributed by atoms with E-state index in [1.807, 2.05) is 0 Å². The highest BCUT2D eigenvalue weighted by atomic mass is 32.2. The molecule has 1 atom stereocenters. The van der Waals surface area contributed by atoms with Gasteiger partial charge in [-0.2, -0.15) is 4.31 Å². The van der Waals surface area contributed by atoms with Crippen molar-refractivity contribution in [1.29, 1.82) is 0 Å². The average Bonchev–Trinajstić information content (AvgIpc) is 2.56. The largest absolute Gasteiger partial charge is 0.480 e. The Bertz CT molecular complexity index is 805. The van der Waals surface area contributed by atoms with Crippen molar-refractivity contribution in [3.63, 3.8) is 0 Å². The molecule has 1 aromatic rings. The van der Waals surface area contributed by atoms with Gasteiger partial charge in [-0.3, -0.25) is 9.59 Å². The van der Waals surface area contributed by atoms with Crippen LogP contribution in [0.15, 0.2) is 23.1 Å². The first-order valence-electron chi connectivity index (χ1n) is 7.70. The number of carboxylic acid groups (broad SMARTS) is 1. The van der Waals surface area contributed by atoms with E-state index in [2.05, 4.69) is 10.1 Å². The van der Waals surface area contributed by atoms with E-state index < -0.39 is 28.0 Å². The Kier molecular flexibility index (Phi) is 7.28. The molecule has 0 spiro atoms. The number of benzene rings is 1. The Morgan fingerprint density at radius 2 is 1.92 bits per heavy atom. The van der Waals surface area contributed by atoms with Crippen LogP contribution in [-0.2, 0) is 24.3 Å². The zero-order valence-corrected chi connectivity index (χ0v) is 15.8. The third-order valence-electron chi connectivity index (χ3n) is 3.71. The number of aliphatic carboxylic acids is 1. The van der Waals surface area contributed by atoms with E-state index in [0.29, 0.717) is 5.56 Å². The summed E-state index contributed by atoms with van der Waals surface area (Å²) in [4.78, 5) is 33.8. The maximum absolute atomic E-state index is 12.9. The van der Waals surface area contributed by atoms with Crippen LogP contribution in [0.4, 0.5) is 0 Å². The van der Waals surface area contributed by atoms with E-state index >= 15 is 0 Å². The second-order valence-corrected chi connectivity index (χ2v) is 7.47. The standard InChI is InChI=1S/C16H22N2O7S/c1-10-9-13(5-6-14(10)16(22)25-4)26(23,24)18(11(2)15(20)21)8-7-17-12(3)19/h5-6,9,11H,7-8H2,1-4H3,(H,17,19)(H,20,21). The summed E-state index contributed by atoms with van der Waals surface area (Å²) in [6, 6.07) is 2.47. The van der Waals surface area contributed by atoms with Crippen LogP contribution in [-0.4, -0.2) is 61.9 Å². The third kappa shape index (κ3) is 5.02. The Hall–Kier alpha value is -2.46. The highest BCUT2D eigenvalue weighted by Gasteiger charge is 2.33. The summed E-state index contributed by atoms with van der Waals surface area (Å²) in [5, 5.41) is 11.7. The van der Waals surface area contributed by atoms with E-state index in [9.17, 15) is 27.9 Å². The lowest BCUT2D eigenvalue weighted by Crippen LogP contribution is -2.46. The minimum atomic E-state index is -4.17. The second-order valence-electron chi connectivity index (χ2n) is 5.58. The van der Waals surface area contributed by atoms with Crippen molar-refractivity contribution >= 4 is 27.9 Å². The molecule has 0 saturated carbocycles. The van der Waals surface area contributed by atoms with E-state index in [1.54, 1.807) is 6.92 Å². The number of carboxylic acids is 1. The van der Waals surface area contributed by atoms with Crippen LogP contribution in [0.2, 0.25) is 0 Å². The summed E-state index contributed by atoms with van der Waals surface area (Å²) in [6.45, 7) is 3.81. The summed E-state index contributed by atoms with van der Waals surface area (Å²) in [5.41, 5.74) is 0.588. The minimum absolute atomic E-state index is 0.0363. The van der Waals surface area contributed by atoms with Crippen LogP contribution < -0.4 is 5.32 Å². The predicted molar refractivity (Wildman–Crippen MR) is 92.2 cm³/mol. The van der Waals surface area contributed by atoms with Gasteiger partial charge < -0.3 is 15.2 Å². The van der Waals surface area contributed by atoms with Crippen LogP contribution in [0.1, 0.15) is 29.8 Å². The molecule has 1 unspecified atom stereocenters. The zero-order chi connectivity index (χ0) is 20.1. The first kappa shape index (κ1) is 21.6. The lowest BCUT2D eigenvalue weighted by atomic mass is 10.1. The minimum Gasteiger partial charge on any atom is -0.480 e. The number of rotatable bonds is 8. The van der Waals surface area contributed by atoms with E-state index in [4.69, 9.17) is 0 Å². The molecule has 1 amide bonds. The second kappa shape index (κ2) is 8.77. The number of ether oxygens (including phenoxy) is 1. The van der Waals surface area contributed by atoms with Crippen molar-refractivity contribution in [2.24, 2.45) is 0 Å². The van der Waals surface area contributed by atoms with Gasteiger partial charge in [-0.25, -0.2) is 13.2 Å². The van der Waals surface area contributed by atoms with Crippen molar-refractivity contribution < 1.29 is 32.6 Å². The first-order chi connectivity index (χ1) is 12.0. The fourth-order valence-electron chi connectivity index (χ4n) is 2.26. The highest BCUT2D eigenvalue weighted by molar-refractivity contribution is 7.89. The molecule has 0 heterocycles. The third-order valence-corrected chi connectivity index (χ3v) is 5.67. The molecule has 9 nitrogen and oxygen atoms in total. The Labute approximate surface area is 152 Å². The molecule has 0 aliphatic heterocycles. The quantitative estimate of drug-likeness (QED) is 0.618. The van der Waals surface area contributed by atoms with Gasteiger partial charge >= 0.3 is 11.9 Å². The van der Waals surface area contributed by atoms with Gasteiger partial charge in [0.1, 0.15) is 6.04 Å². The molecule has 10 heteroatoms. The monoisotopic (exact) mass is 386 g/mol. The Balaban J connectivity index is 3.26. The smallest absolute Gasteiger partial charge is 0.338 e. The van der Waals surface area contributed by atoms with Crippen LogP contribution in [0.5, 0.6) is 0 Å². The van der Waals surface area contributed by atoms with Gasteiger partial charge in [0.15, 0.2) is 0 Å². The van der Waals surface area contributed by atoms with Crippen molar-refractivity contribution in [3.05, 3.63) is 29.3 Å². The van der Waals surface area contributed by atoms with Gasteiger partial charge in [0.05, 0.1) is 17.6 Å². The molecular formula is C16H22N2O7S. The summed E-state index contributed by atoms with van der Waals surface area (Å²) in [7, 11) is -2.95. The number of methoxy groups -OCH3 is 1. The summed E-state index contributed by atoms with van der Waals surface area (Å²) < 4.78 is 31.2. The summed E-state index contributed by atoms with van der Waals surface area (Å²) in [6.07, 6.45) is 0. The predicted octanol–water partition coefficient (Wildman–Crippen LogP) is 0.382. The van der Waals surface area contributed by atoms with Crippen LogP contribution >= 0.6 is 0 Å². The number of hydrogen-bond donors (Lipinski definition) is 2. The Morgan fingerprint density at radius 3 is 2.38 bits per heavy atom. The SMILES string of the molecule is COC(=O)c1ccc(S(=O)(=O)N(CCNC(C)=O)C(C)C(=O)O)cc1C. The molecule has 26 heavy (non-hydrogen) atoms. The molecule has 0 aliphatic carbocycles. The number of carbonyl (C=O) groups excluding carboxylic acids is 2. The molecule has 144 valence electrons. The molecule has 1 aromatic carbocycles. The zero-order valence-electron chi connectivity index (χ0n) is 15.0. The molecule has 1 rings (SSSR count). The molecule has 0 fully saturated rings. The van der Waals surface area contributed by atoms with E-state index in [-0.39, 0.29) is 29.5 Å². The van der Waals surface area contributed by atoms with E-state index in [0.717, 1.165) is 4.31 Å². The Morgan fingerprint density at radius 1 is 1.31 bits per heavy atom. The number of carbonyl (C=O) groups is 3. The number of nitrogens with zero attached hydrogens (tertiary/aromatic N) is 1. The molecular weight excluding hydrogens is 364 g/mol. The van der Waals surface area contributed by atoms with Crippen molar-refractivity contribution in [1.82, 2.24) is 9.62 Å². The lowest BCUT2D eigenvalue weighted by Gasteiger charge is -2.26.